The molecule has 2 heterocycles. The molecule has 2 aromatic carbocycles. The SMILES string of the molecule is CC1C=C(CS(N)(Cc2ccccc2)[C@@H](C)COC(=O)N2CCC(Nc3nc4ccccc4[nH]3)CC2)C=CC1. The van der Waals surface area contributed by atoms with Crippen LogP contribution in [0.4, 0.5) is 10.7 Å². The largest absolute Gasteiger partial charge is 0.448 e. The van der Waals surface area contributed by atoms with E-state index in [0.29, 0.717) is 25.6 Å². The Morgan fingerprint density at radius 1 is 1.15 bits per heavy atom. The number of nitrogens with two attached hydrogens (primary N) is 1. The third kappa shape index (κ3) is 7.05. The van der Waals surface area contributed by atoms with E-state index >= 15 is 0 Å². The first-order chi connectivity index (χ1) is 18.9. The van der Waals surface area contributed by atoms with E-state index in [1.165, 1.54) is 11.1 Å². The van der Waals surface area contributed by atoms with Crippen molar-refractivity contribution < 1.29 is 9.53 Å². The first kappa shape index (κ1) is 27.3. The van der Waals surface area contributed by atoms with Crippen LogP contribution < -0.4 is 10.5 Å². The molecule has 1 aliphatic carbocycles. The van der Waals surface area contributed by atoms with Gasteiger partial charge in [-0.1, -0.05) is 74.5 Å². The second kappa shape index (κ2) is 12.3. The highest BCUT2D eigenvalue weighted by molar-refractivity contribution is 8.31. The molecule has 2 unspecified atom stereocenters. The monoisotopic (exact) mass is 547 g/mol. The molecular weight excluding hydrogens is 506 g/mol. The van der Waals surface area contributed by atoms with Crippen LogP contribution in [0.2, 0.25) is 0 Å². The van der Waals surface area contributed by atoms with Crippen LogP contribution in [0.15, 0.2) is 78.4 Å². The molecule has 39 heavy (non-hydrogen) atoms. The van der Waals surface area contributed by atoms with Crippen LogP contribution >= 0.6 is 10.2 Å². The smallest absolute Gasteiger partial charge is 0.409 e. The number of carbonyl (C=O) groups is 1. The fraction of sp³-hybridized carbons (Fsp3) is 0.419. The summed E-state index contributed by atoms with van der Waals surface area (Å²) in [4.78, 5) is 22.8. The topological polar surface area (TPSA) is 96.3 Å². The zero-order chi connectivity index (χ0) is 27.2. The van der Waals surface area contributed by atoms with Crippen molar-refractivity contribution in [2.24, 2.45) is 11.1 Å². The molecule has 1 saturated heterocycles. The fourth-order valence-corrected chi connectivity index (χ4v) is 8.02. The maximum Gasteiger partial charge on any atom is 0.409 e. The van der Waals surface area contributed by atoms with Crippen molar-refractivity contribution in [3.8, 4) is 0 Å². The summed E-state index contributed by atoms with van der Waals surface area (Å²) in [5.74, 6) is 2.96. The lowest BCUT2D eigenvalue weighted by molar-refractivity contribution is 0.0947. The number of piperidine rings is 1. The third-order valence-electron chi connectivity index (χ3n) is 7.78. The van der Waals surface area contributed by atoms with Gasteiger partial charge in [-0.2, -0.15) is 10.2 Å². The molecule has 0 radical (unpaired) electrons. The van der Waals surface area contributed by atoms with Gasteiger partial charge in [0.2, 0.25) is 5.95 Å². The van der Waals surface area contributed by atoms with Crippen molar-refractivity contribution in [3.63, 3.8) is 0 Å². The lowest BCUT2D eigenvalue weighted by Gasteiger charge is -2.42. The minimum atomic E-state index is -1.61. The van der Waals surface area contributed by atoms with E-state index in [1.807, 2.05) is 35.2 Å². The summed E-state index contributed by atoms with van der Waals surface area (Å²) in [7, 11) is -1.61. The Hall–Kier alpha value is -3.23. The van der Waals surface area contributed by atoms with Crippen LogP contribution in [0.5, 0.6) is 0 Å². The van der Waals surface area contributed by atoms with E-state index in [-0.39, 0.29) is 17.4 Å². The zero-order valence-electron chi connectivity index (χ0n) is 23.0. The number of nitrogens with zero attached hydrogens (tertiary/aromatic N) is 2. The van der Waals surface area contributed by atoms with Crippen LogP contribution in [0.25, 0.3) is 11.0 Å². The normalized spacial score (nSPS) is 21.2. The number of fused-ring (bicyclic) bond motifs is 1. The van der Waals surface area contributed by atoms with Crippen molar-refractivity contribution in [2.45, 2.75) is 50.2 Å². The van der Waals surface area contributed by atoms with Gasteiger partial charge < -0.3 is 19.9 Å². The molecule has 1 aromatic heterocycles. The molecule has 2 aliphatic rings. The minimum absolute atomic E-state index is 0.0699. The van der Waals surface area contributed by atoms with Crippen LogP contribution in [-0.2, 0) is 10.5 Å². The van der Waals surface area contributed by atoms with Crippen LogP contribution in [0.1, 0.15) is 38.7 Å². The highest BCUT2D eigenvalue weighted by Gasteiger charge is 2.31. The third-order valence-corrected chi connectivity index (χ3v) is 11.3. The second-order valence-corrected chi connectivity index (χ2v) is 14.4. The number of carbonyl (C=O) groups excluding carboxylic acids is 1. The van der Waals surface area contributed by atoms with Gasteiger partial charge in [0.25, 0.3) is 0 Å². The average molecular weight is 548 g/mol. The number of amides is 1. The molecule has 0 spiro atoms. The number of H-pyrrole nitrogens is 1. The molecule has 0 saturated carbocycles. The van der Waals surface area contributed by atoms with E-state index in [9.17, 15) is 4.79 Å². The summed E-state index contributed by atoms with van der Waals surface area (Å²) in [6, 6.07) is 18.7. The number of imidazole rings is 1. The Bertz CT molecular complexity index is 1280. The average Bonchev–Trinajstić information content (AvgIpc) is 3.35. The lowest BCUT2D eigenvalue weighted by Crippen LogP contribution is -2.43. The highest BCUT2D eigenvalue weighted by Crippen LogP contribution is 2.50. The van der Waals surface area contributed by atoms with E-state index < -0.39 is 10.2 Å². The van der Waals surface area contributed by atoms with E-state index in [2.05, 4.69) is 71.6 Å². The molecule has 0 bridgehead atoms. The van der Waals surface area contributed by atoms with E-state index in [1.54, 1.807) is 0 Å². The van der Waals surface area contributed by atoms with Gasteiger partial charge in [0.1, 0.15) is 6.61 Å². The fourth-order valence-electron chi connectivity index (χ4n) is 5.39. The number of aromatic nitrogens is 2. The van der Waals surface area contributed by atoms with Crippen LogP contribution in [0.3, 0.4) is 0 Å². The van der Waals surface area contributed by atoms with E-state index in [0.717, 1.165) is 47.7 Å². The number of aromatic amines is 1. The molecule has 8 heteroatoms. The Balaban J connectivity index is 1.15. The first-order valence-corrected chi connectivity index (χ1v) is 16.1. The molecule has 4 N–H and O–H groups in total. The number of ether oxygens (including phenoxy) is 1. The summed E-state index contributed by atoms with van der Waals surface area (Å²) in [5, 5.41) is 10.8. The lowest BCUT2D eigenvalue weighted by atomic mass is 9.99. The Morgan fingerprint density at radius 2 is 1.90 bits per heavy atom. The number of anilines is 1. The first-order valence-electron chi connectivity index (χ1n) is 14.0. The number of likely N-dealkylation sites (tertiary alicyclic amines) is 1. The molecule has 3 atom stereocenters. The zero-order valence-corrected chi connectivity index (χ0v) is 23.8. The second-order valence-electron chi connectivity index (χ2n) is 11.0. The predicted molar refractivity (Wildman–Crippen MR) is 163 cm³/mol. The van der Waals surface area contributed by atoms with Gasteiger partial charge >= 0.3 is 6.09 Å². The maximum absolute atomic E-state index is 13.0. The Labute approximate surface area is 233 Å². The molecule has 5 rings (SSSR count). The summed E-state index contributed by atoms with van der Waals surface area (Å²) < 4.78 is 5.88. The van der Waals surface area contributed by atoms with Gasteiger partial charge in [-0.05, 0) is 48.4 Å². The molecule has 7 nitrogen and oxygen atoms in total. The number of allylic oxidation sites excluding steroid dienone is 3. The summed E-state index contributed by atoms with van der Waals surface area (Å²) in [6.07, 6.45) is 9.35. The van der Waals surface area contributed by atoms with Crippen molar-refractivity contribution in [1.29, 1.82) is 0 Å². The number of nitrogens with one attached hydrogen (secondary N) is 2. The Kier molecular flexibility index (Phi) is 8.63. The van der Waals surface area contributed by atoms with Gasteiger partial charge in [0.05, 0.1) is 11.0 Å². The van der Waals surface area contributed by atoms with Crippen molar-refractivity contribution in [1.82, 2.24) is 14.9 Å². The van der Waals surface area contributed by atoms with Crippen molar-refractivity contribution >= 4 is 33.3 Å². The van der Waals surface area contributed by atoms with E-state index in [4.69, 9.17) is 9.88 Å². The molecule has 1 aliphatic heterocycles. The van der Waals surface area contributed by atoms with Gasteiger partial charge in [-0.15, -0.1) is 0 Å². The highest BCUT2D eigenvalue weighted by atomic mass is 32.3. The van der Waals surface area contributed by atoms with Crippen LogP contribution in [-0.4, -0.2) is 57.7 Å². The number of rotatable bonds is 9. The van der Waals surface area contributed by atoms with Gasteiger partial charge in [-0.3, -0.25) is 5.14 Å². The quantitative estimate of drug-likeness (QED) is 0.289. The summed E-state index contributed by atoms with van der Waals surface area (Å²) >= 11 is 0. The predicted octanol–water partition coefficient (Wildman–Crippen LogP) is 6.37. The number of hydrogen-bond donors (Lipinski definition) is 3. The molecule has 208 valence electrons. The van der Waals surface area contributed by atoms with Crippen molar-refractivity contribution in [3.05, 3.63) is 84.0 Å². The number of benzene rings is 2. The van der Waals surface area contributed by atoms with Crippen LogP contribution in [0, 0.1) is 5.92 Å². The molecule has 3 aromatic rings. The van der Waals surface area contributed by atoms with Crippen molar-refractivity contribution in [2.75, 3.05) is 30.8 Å². The van der Waals surface area contributed by atoms with Gasteiger partial charge in [-0.25, -0.2) is 9.78 Å². The standard InChI is InChI=1S/C31H41N5O2S/c1-23-9-8-12-26(19-23)22-39(32,21-25-10-4-3-5-11-25)24(2)20-38-31(37)36-17-15-27(16-18-36)33-30-34-28-13-6-7-14-29(28)35-30/h3-8,10-14,19,23-24,27H,9,15-18,20-22,32H2,1-2H3,(H2,33,34,35)/t23?,24-/m0/s1. The summed E-state index contributed by atoms with van der Waals surface area (Å²) in [5.41, 5.74) is 4.51. The number of para-hydroxylation sites is 2. The Morgan fingerprint density at radius 3 is 2.64 bits per heavy atom. The van der Waals surface area contributed by atoms with Gasteiger partial charge in [0, 0.05) is 35.9 Å². The summed E-state index contributed by atoms with van der Waals surface area (Å²) in [6.45, 7) is 6.04. The maximum atomic E-state index is 13.0. The molecule has 1 fully saturated rings. The minimum Gasteiger partial charge on any atom is -0.448 e. The molecule has 1 amide bonds. The number of hydrogen-bond acceptors (Lipinski definition) is 5. The van der Waals surface area contributed by atoms with Gasteiger partial charge in [0.15, 0.2) is 0 Å². The molecular formula is C31H41N5O2S.